The third kappa shape index (κ3) is 4.84. The largest absolute Gasteiger partial charge is 0.375 e. The minimum absolute atomic E-state index is 0.0225. The quantitative estimate of drug-likeness (QED) is 0.778. The lowest BCUT2D eigenvalue weighted by Crippen LogP contribution is -2.46. The topological polar surface area (TPSA) is 58.6 Å². The summed E-state index contributed by atoms with van der Waals surface area (Å²) in [4.78, 5) is 25.4. The second-order valence-electron chi connectivity index (χ2n) is 5.50. The number of likely N-dealkylation sites (tertiary alicyclic amines) is 1. The monoisotopic (exact) mass is 304 g/mol. The van der Waals surface area contributed by atoms with Gasteiger partial charge < -0.3 is 15.0 Å². The maximum absolute atomic E-state index is 12.1. The fourth-order valence-corrected chi connectivity index (χ4v) is 2.59. The fourth-order valence-electron chi connectivity index (χ4n) is 2.59. The molecule has 0 aliphatic carbocycles. The van der Waals surface area contributed by atoms with Crippen molar-refractivity contribution in [3.63, 3.8) is 0 Å². The van der Waals surface area contributed by atoms with Gasteiger partial charge >= 0.3 is 0 Å². The van der Waals surface area contributed by atoms with Gasteiger partial charge in [-0.05, 0) is 18.9 Å². The first-order valence-electron chi connectivity index (χ1n) is 7.88. The summed E-state index contributed by atoms with van der Waals surface area (Å²) in [6, 6.07) is 9.95. The van der Waals surface area contributed by atoms with E-state index in [1.807, 2.05) is 37.3 Å². The molecule has 1 aromatic rings. The molecule has 5 nitrogen and oxygen atoms in total. The summed E-state index contributed by atoms with van der Waals surface area (Å²) in [6.07, 6.45) is 1.11. The molecule has 0 saturated carbocycles. The van der Waals surface area contributed by atoms with Crippen LogP contribution >= 0.6 is 0 Å². The van der Waals surface area contributed by atoms with Gasteiger partial charge in [0, 0.05) is 26.1 Å². The first-order chi connectivity index (χ1) is 10.7. The molecule has 2 rings (SSSR count). The van der Waals surface area contributed by atoms with E-state index in [4.69, 9.17) is 4.74 Å². The Bertz CT molecular complexity index is 490. The van der Waals surface area contributed by atoms with E-state index in [0.717, 1.165) is 5.56 Å². The SMILES string of the molecule is CCN1CC(C(=O)NCCOCc2ccccc2)CCC1=O. The molecular formula is C17H24N2O3. The Labute approximate surface area is 131 Å². The van der Waals surface area contributed by atoms with Crippen LogP contribution in [-0.2, 0) is 20.9 Å². The first-order valence-corrected chi connectivity index (χ1v) is 7.88. The Morgan fingerprint density at radius 3 is 2.86 bits per heavy atom. The predicted molar refractivity (Wildman–Crippen MR) is 84.1 cm³/mol. The minimum Gasteiger partial charge on any atom is -0.375 e. The first kappa shape index (κ1) is 16.5. The number of carbonyl (C=O) groups is 2. The Morgan fingerprint density at radius 1 is 1.36 bits per heavy atom. The normalized spacial score (nSPS) is 18.3. The lowest BCUT2D eigenvalue weighted by Gasteiger charge is -2.31. The highest BCUT2D eigenvalue weighted by Gasteiger charge is 2.28. The smallest absolute Gasteiger partial charge is 0.224 e. The minimum atomic E-state index is -0.0910. The van der Waals surface area contributed by atoms with Crippen LogP contribution in [0.2, 0.25) is 0 Å². The van der Waals surface area contributed by atoms with Gasteiger partial charge in [0.1, 0.15) is 0 Å². The number of nitrogens with zero attached hydrogens (tertiary/aromatic N) is 1. The van der Waals surface area contributed by atoms with Crippen molar-refractivity contribution >= 4 is 11.8 Å². The molecule has 1 saturated heterocycles. The predicted octanol–water partition coefficient (Wildman–Crippen LogP) is 1.58. The number of carbonyl (C=O) groups excluding carboxylic acids is 2. The molecule has 1 aliphatic heterocycles. The molecule has 1 atom stereocenters. The number of amides is 2. The van der Waals surface area contributed by atoms with Crippen molar-refractivity contribution in [1.82, 2.24) is 10.2 Å². The van der Waals surface area contributed by atoms with Crippen LogP contribution in [-0.4, -0.2) is 43.0 Å². The molecule has 1 unspecified atom stereocenters. The average molecular weight is 304 g/mol. The Kier molecular flexibility index (Phi) is 6.40. The van der Waals surface area contributed by atoms with Crippen LogP contribution in [0.4, 0.5) is 0 Å². The van der Waals surface area contributed by atoms with Crippen LogP contribution < -0.4 is 5.32 Å². The van der Waals surface area contributed by atoms with Gasteiger partial charge in [-0.15, -0.1) is 0 Å². The van der Waals surface area contributed by atoms with E-state index in [0.29, 0.717) is 45.7 Å². The summed E-state index contributed by atoms with van der Waals surface area (Å²) in [5, 5.41) is 2.90. The number of benzene rings is 1. The number of hydrogen-bond donors (Lipinski definition) is 1. The fraction of sp³-hybridized carbons (Fsp3) is 0.529. The Hall–Kier alpha value is -1.88. The third-order valence-electron chi connectivity index (χ3n) is 3.91. The summed E-state index contributed by atoms with van der Waals surface area (Å²) in [7, 11) is 0. The van der Waals surface area contributed by atoms with Crippen LogP contribution in [0.3, 0.4) is 0 Å². The molecule has 1 aromatic carbocycles. The van der Waals surface area contributed by atoms with Crippen molar-refractivity contribution in [2.75, 3.05) is 26.2 Å². The lowest BCUT2D eigenvalue weighted by atomic mass is 9.96. The second-order valence-corrected chi connectivity index (χ2v) is 5.50. The van der Waals surface area contributed by atoms with Crippen molar-refractivity contribution in [3.05, 3.63) is 35.9 Å². The second kappa shape index (κ2) is 8.54. The lowest BCUT2D eigenvalue weighted by molar-refractivity contribution is -0.138. The van der Waals surface area contributed by atoms with Crippen molar-refractivity contribution < 1.29 is 14.3 Å². The number of nitrogens with one attached hydrogen (secondary N) is 1. The molecule has 5 heteroatoms. The summed E-state index contributed by atoms with van der Waals surface area (Å²) in [5.74, 6) is 0.0822. The van der Waals surface area contributed by atoms with Gasteiger partial charge in [-0.25, -0.2) is 0 Å². The van der Waals surface area contributed by atoms with Gasteiger partial charge in [-0.1, -0.05) is 30.3 Å². The van der Waals surface area contributed by atoms with E-state index in [-0.39, 0.29) is 17.7 Å². The van der Waals surface area contributed by atoms with Gasteiger partial charge in [0.05, 0.1) is 19.1 Å². The maximum Gasteiger partial charge on any atom is 0.224 e. The summed E-state index contributed by atoms with van der Waals surface area (Å²) >= 11 is 0. The molecular weight excluding hydrogens is 280 g/mol. The van der Waals surface area contributed by atoms with Gasteiger partial charge in [-0.3, -0.25) is 9.59 Å². The molecule has 0 radical (unpaired) electrons. The number of piperidine rings is 1. The Morgan fingerprint density at radius 2 is 2.14 bits per heavy atom. The number of rotatable bonds is 7. The number of hydrogen-bond acceptors (Lipinski definition) is 3. The molecule has 120 valence electrons. The molecule has 22 heavy (non-hydrogen) atoms. The van der Waals surface area contributed by atoms with Crippen LogP contribution in [0.5, 0.6) is 0 Å². The van der Waals surface area contributed by atoms with Crippen molar-refractivity contribution in [2.24, 2.45) is 5.92 Å². The van der Waals surface area contributed by atoms with E-state index in [2.05, 4.69) is 5.32 Å². The maximum atomic E-state index is 12.1. The van der Waals surface area contributed by atoms with Crippen molar-refractivity contribution in [3.8, 4) is 0 Å². The summed E-state index contributed by atoms with van der Waals surface area (Å²) < 4.78 is 5.54. The molecule has 0 bridgehead atoms. The van der Waals surface area contributed by atoms with Crippen molar-refractivity contribution in [1.29, 1.82) is 0 Å². The third-order valence-corrected chi connectivity index (χ3v) is 3.91. The zero-order valence-corrected chi connectivity index (χ0v) is 13.1. The van der Waals surface area contributed by atoms with Gasteiger partial charge in [-0.2, -0.15) is 0 Å². The molecule has 1 heterocycles. The zero-order valence-electron chi connectivity index (χ0n) is 13.1. The molecule has 0 spiro atoms. The number of ether oxygens (including phenoxy) is 1. The van der Waals surface area contributed by atoms with Gasteiger partial charge in [0.25, 0.3) is 0 Å². The summed E-state index contributed by atoms with van der Waals surface area (Å²) in [6.45, 7) is 4.69. The Balaban J connectivity index is 1.62. The highest BCUT2D eigenvalue weighted by molar-refractivity contribution is 5.83. The highest BCUT2D eigenvalue weighted by atomic mass is 16.5. The van der Waals surface area contributed by atoms with E-state index in [1.54, 1.807) is 4.90 Å². The molecule has 2 amide bonds. The standard InChI is InChI=1S/C17H24N2O3/c1-2-19-12-15(8-9-16(19)20)17(21)18-10-11-22-13-14-6-4-3-5-7-14/h3-7,15H,2,8-13H2,1H3,(H,18,21). The van der Waals surface area contributed by atoms with Crippen LogP contribution in [0.15, 0.2) is 30.3 Å². The van der Waals surface area contributed by atoms with E-state index in [9.17, 15) is 9.59 Å². The van der Waals surface area contributed by atoms with Crippen LogP contribution in [0.25, 0.3) is 0 Å². The molecule has 1 N–H and O–H groups in total. The van der Waals surface area contributed by atoms with Crippen LogP contribution in [0, 0.1) is 5.92 Å². The molecule has 1 aliphatic rings. The van der Waals surface area contributed by atoms with Crippen LogP contribution in [0.1, 0.15) is 25.3 Å². The molecule has 1 fully saturated rings. The average Bonchev–Trinajstić information content (AvgIpc) is 2.55. The zero-order chi connectivity index (χ0) is 15.8. The van der Waals surface area contributed by atoms with Crippen molar-refractivity contribution in [2.45, 2.75) is 26.4 Å². The van der Waals surface area contributed by atoms with Gasteiger partial charge in [0.15, 0.2) is 0 Å². The van der Waals surface area contributed by atoms with E-state index >= 15 is 0 Å². The highest BCUT2D eigenvalue weighted by Crippen LogP contribution is 2.17. The van der Waals surface area contributed by atoms with E-state index < -0.39 is 0 Å². The van der Waals surface area contributed by atoms with Gasteiger partial charge in [0.2, 0.25) is 11.8 Å². The summed E-state index contributed by atoms with van der Waals surface area (Å²) in [5.41, 5.74) is 1.12. The van der Waals surface area contributed by atoms with E-state index in [1.165, 1.54) is 0 Å². The molecule has 0 aromatic heterocycles.